The van der Waals surface area contributed by atoms with E-state index in [1.807, 2.05) is 13.0 Å². The highest BCUT2D eigenvalue weighted by Gasteiger charge is 2.12. The second-order valence-corrected chi connectivity index (χ2v) is 5.43. The molecule has 0 fully saturated rings. The van der Waals surface area contributed by atoms with Crippen molar-refractivity contribution in [1.29, 1.82) is 0 Å². The zero-order valence-electron chi connectivity index (χ0n) is 13.6. The first-order chi connectivity index (χ1) is 12.1. The molecule has 0 aliphatic carbocycles. The van der Waals surface area contributed by atoms with Crippen molar-refractivity contribution in [1.82, 2.24) is 9.97 Å². The molecule has 2 heterocycles. The topological polar surface area (TPSA) is 84.0 Å². The van der Waals surface area contributed by atoms with Gasteiger partial charge in [0.2, 0.25) is 0 Å². The van der Waals surface area contributed by atoms with Gasteiger partial charge in [0.25, 0.3) is 11.8 Å². The minimum Gasteiger partial charge on any atom is -0.320 e. The van der Waals surface area contributed by atoms with Gasteiger partial charge < -0.3 is 10.6 Å². The lowest BCUT2D eigenvalue weighted by molar-refractivity contribution is 0.101. The standard InChI is InChI=1S/C19H16N4O2/c1-13-2-3-16(22-18(24)14-4-8-20-9-5-14)17(12-13)23-19(25)15-6-10-21-11-7-15/h2-12H,1H3,(H,22,24)(H,23,25). The van der Waals surface area contributed by atoms with Crippen LogP contribution in [0, 0.1) is 6.92 Å². The van der Waals surface area contributed by atoms with Gasteiger partial charge in [-0.3, -0.25) is 19.6 Å². The second kappa shape index (κ2) is 7.35. The van der Waals surface area contributed by atoms with Crippen LogP contribution in [-0.2, 0) is 0 Å². The lowest BCUT2D eigenvalue weighted by Gasteiger charge is -2.13. The Morgan fingerprint density at radius 3 is 1.72 bits per heavy atom. The van der Waals surface area contributed by atoms with Crippen molar-refractivity contribution in [2.75, 3.05) is 10.6 Å². The van der Waals surface area contributed by atoms with Gasteiger partial charge in [-0.2, -0.15) is 0 Å². The molecule has 6 heteroatoms. The molecule has 0 spiro atoms. The molecule has 124 valence electrons. The average molecular weight is 332 g/mol. The summed E-state index contributed by atoms with van der Waals surface area (Å²) >= 11 is 0. The molecule has 1 aromatic carbocycles. The molecule has 2 amide bonds. The van der Waals surface area contributed by atoms with Crippen molar-refractivity contribution in [3.05, 3.63) is 83.9 Å². The first-order valence-corrected chi connectivity index (χ1v) is 7.67. The Morgan fingerprint density at radius 1 is 0.720 bits per heavy atom. The number of rotatable bonds is 4. The largest absolute Gasteiger partial charge is 0.320 e. The minimum atomic E-state index is -0.273. The molecule has 2 N–H and O–H groups in total. The van der Waals surface area contributed by atoms with Crippen molar-refractivity contribution in [3.8, 4) is 0 Å². The molecule has 3 rings (SSSR count). The molecule has 0 bridgehead atoms. The third kappa shape index (κ3) is 4.06. The molecule has 0 saturated carbocycles. The summed E-state index contributed by atoms with van der Waals surface area (Å²) < 4.78 is 0. The maximum absolute atomic E-state index is 12.4. The van der Waals surface area contributed by atoms with E-state index in [1.165, 1.54) is 0 Å². The van der Waals surface area contributed by atoms with Crippen molar-refractivity contribution >= 4 is 23.2 Å². The molecule has 0 aliphatic heterocycles. The Bertz CT molecular complexity index is 896. The third-order valence-electron chi connectivity index (χ3n) is 3.56. The Labute approximate surface area is 145 Å². The van der Waals surface area contributed by atoms with Crippen LogP contribution in [0.15, 0.2) is 67.3 Å². The van der Waals surface area contributed by atoms with Crippen molar-refractivity contribution < 1.29 is 9.59 Å². The number of hydrogen-bond donors (Lipinski definition) is 2. The molecule has 0 unspecified atom stereocenters. The number of carbonyl (C=O) groups excluding carboxylic acids is 2. The van der Waals surface area contributed by atoms with E-state index in [0.29, 0.717) is 22.5 Å². The normalized spacial score (nSPS) is 10.1. The molecule has 6 nitrogen and oxygen atoms in total. The summed E-state index contributed by atoms with van der Waals surface area (Å²) in [7, 11) is 0. The van der Waals surface area contributed by atoms with Gasteiger partial charge in [-0.15, -0.1) is 0 Å². The van der Waals surface area contributed by atoms with E-state index in [2.05, 4.69) is 20.6 Å². The number of aromatic nitrogens is 2. The Kier molecular flexibility index (Phi) is 4.80. The molecular weight excluding hydrogens is 316 g/mol. The number of amides is 2. The van der Waals surface area contributed by atoms with Gasteiger partial charge in [0.05, 0.1) is 11.4 Å². The number of benzene rings is 1. The third-order valence-corrected chi connectivity index (χ3v) is 3.56. The van der Waals surface area contributed by atoms with E-state index in [9.17, 15) is 9.59 Å². The maximum atomic E-state index is 12.4. The van der Waals surface area contributed by atoms with Crippen LogP contribution in [0.1, 0.15) is 26.3 Å². The summed E-state index contributed by atoms with van der Waals surface area (Å²) in [6.07, 6.45) is 6.21. The number of nitrogens with zero attached hydrogens (tertiary/aromatic N) is 2. The summed E-state index contributed by atoms with van der Waals surface area (Å²) in [4.78, 5) is 32.5. The van der Waals surface area contributed by atoms with E-state index in [-0.39, 0.29) is 11.8 Å². The van der Waals surface area contributed by atoms with Gasteiger partial charge in [-0.1, -0.05) is 6.07 Å². The predicted molar refractivity (Wildman–Crippen MR) is 95.6 cm³/mol. The summed E-state index contributed by atoms with van der Waals surface area (Å²) in [5.41, 5.74) is 3.00. The molecule has 0 atom stereocenters. The van der Waals surface area contributed by atoms with Crippen LogP contribution in [0.2, 0.25) is 0 Å². The van der Waals surface area contributed by atoms with Crippen LogP contribution in [0.5, 0.6) is 0 Å². The summed E-state index contributed by atoms with van der Waals surface area (Å²) in [6, 6.07) is 11.9. The van der Waals surface area contributed by atoms with E-state index in [1.54, 1.807) is 61.2 Å². The smallest absolute Gasteiger partial charge is 0.255 e. The van der Waals surface area contributed by atoms with Crippen molar-refractivity contribution in [2.45, 2.75) is 6.92 Å². The average Bonchev–Trinajstić information content (AvgIpc) is 2.65. The van der Waals surface area contributed by atoms with Crippen molar-refractivity contribution in [2.24, 2.45) is 0 Å². The molecule has 0 aliphatic rings. The summed E-state index contributed by atoms with van der Waals surface area (Å²) in [5.74, 6) is -0.543. The molecular formula is C19H16N4O2. The summed E-state index contributed by atoms with van der Waals surface area (Å²) in [5, 5.41) is 5.65. The Hall–Kier alpha value is -3.54. The molecule has 2 aromatic heterocycles. The number of carbonyl (C=O) groups is 2. The molecule has 0 radical (unpaired) electrons. The number of nitrogens with one attached hydrogen (secondary N) is 2. The van der Waals surface area contributed by atoms with Gasteiger partial charge in [0.15, 0.2) is 0 Å². The van der Waals surface area contributed by atoms with Crippen molar-refractivity contribution in [3.63, 3.8) is 0 Å². The highest BCUT2D eigenvalue weighted by Crippen LogP contribution is 2.24. The monoisotopic (exact) mass is 332 g/mol. The molecule has 3 aromatic rings. The predicted octanol–water partition coefficient (Wildman–Crippen LogP) is 3.29. The zero-order valence-corrected chi connectivity index (χ0v) is 13.6. The van der Waals surface area contributed by atoms with E-state index in [0.717, 1.165) is 5.56 Å². The first kappa shape index (κ1) is 16.3. The van der Waals surface area contributed by atoms with Crippen LogP contribution < -0.4 is 10.6 Å². The molecule has 0 saturated heterocycles. The van der Waals surface area contributed by atoms with Crippen LogP contribution in [-0.4, -0.2) is 21.8 Å². The van der Waals surface area contributed by atoms with Crippen LogP contribution in [0.3, 0.4) is 0 Å². The minimum absolute atomic E-state index is 0.271. The van der Waals surface area contributed by atoms with Gasteiger partial charge >= 0.3 is 0 Å². The van der Waals surface area contributed by atoms with E-state index < -0.39 is 0 Å². The number of hydrogen-bond acceptors (Lipinski definition) is 4. The van der Waals surface area contributed by atoms with Crippen LogP contribution in [0.4, 0.5) is 11.4 Å². The number of aryl methyl sites for hydroxylation is 1. The maximum Gasteiger partial charge on any atom is 0.255 e. The van der Waals surface area contributed by atoms with Crippen LogP contribution >= 0.6 is 0 Å². The SMILES string of the molecule is Cc1ccc(NC(=O)c2ccncc2)c(NC(=O)c2ccncc2)c1. The van der Waals surface area contributed by atoms with Gasteiger partial charge in [0, 0.05) is 35.9 Å². The van der Waals surface area contributed by atoms with Gasteiger partial charge in [-0.25, -0.2) is 0 Å². The first-order valence-electron chi connectivity index (χ1n) is 7.67. The lowest BCUT2D eigenvalue weighted by Crippen LogP contribution is -2.17. The summed E-state index contributed by atoms with van der Waals surface area (Å²) in [6.45, 7) is 1.91. The van der Waals surface area contributed by atoms with Gasteiger partial charge in [0.1, 0.15) is 0 Å². The van der Waals surface area contributed by atoms with E-state index in [4.69, 9.17) is 0 Å². The fraction of sp³-hybridized carbons (Fsp3) is 0.0526. The Morgan fingerprint density at radius 2 is 1.20 bits per heavy atom. The molecule has 25 heavy (non-hydrogen) atoms. The van der Waals surface area contributed by atoms with Gasteiger partial charge in [-0.05, 0) is 48.9 Å². The lowest BCUT2D eigenvalue weighted by atomic mass is 10.1. The quantitative estimate of drug-likeness (QED) is 0.768. The highest BCUT2D eigenvalue weighted by atomic mass is 16.2. The Balaban J connectivity index is 1.83. The fourth-order valence-electron chi connectivity index (χ4n) is 2.27. The number of anilines is 2. The highest BCUT2D eigenvalue weighted by molar-refractivity contribution is 6.09. The number of pyridine rings is 2. The second-order valence-electron chi connectivity index (χ2n) is 5.43. The van der Waals surface area contributed by atoms with Crippen LogP contribution in [0.25, 0.3) is 0 Å². The fourth-order valence-corrected chi connectivity index (χ4v) is 2.27. The van der Waals surface area contributed by atoms with E-state index >= 15 is 0 Å². The zero-order chi connectivity index (χ0) is 17.6.